The molecule has 4 unspecified atom stereocenters. The third-order valence-corrected chi connectivity index (χ3v) is 7.14. The van der Waals surface area contributed by atoms with E-state index >= 15 is 0 Å². The lowest BCUT2D eigenvalue weighted by Crippen LogP contribution is -2.53. The second-order valence-corrected chi connectivity index (χ2v) is 7.59. The van der Waals surface area contributed by atoms with E-state index in [2.05, 4.69) is 13.8 Å². The fraction of sp³-hybridized carbons (Fsp3) is 0.933. The maximum Gasteiger partial charge on any atom is 0.307 e. The Hall–Kier alpha value is -0.570. The highest BCUT2D eigenvalue weighted by atomic mass is 16.6. The Morgan fingerprint density at radius 3 is 2.61 bits per heavy atom. The molecule has 0 aromatic heterocycles. The molecule has 3 heteroatoms. The lowest BCUT2D eigenvalue weighted by Gasteiger charge is -2.51. The molecule has 18 heavy (non-hydrogen) atoms. The Bertz CT molecular complexity index is 423. The van der Waals surface area contributed by atoms with Gasteiger partial charge >= 0.3 is 5.97 Å². The largest absolute Gasteiger partial charge is 0.481 e. The van der Waals surface area contributed by atoms with Gasteiger partial charge < -0.3 is 9.84 Å². The average Bonchev–Trinajstić information content (AvgIpc) is 2.85. The third-order valence-electron chi connectivity index (χ3n) is 7.14. The molecule has 0 aromatic rings. The highest BCUT2D eigenvalue weighted by Crippen LogP contribution is 2.75. The van der Waals surface area contributed by atoms with E-state index in [0.29, 0.717) is 11.8 Å². The summed E-state index contributed by atoms with van der Waals surface area (Å²) in [7, 11) is 0. The van der Waals surface area contributed by atoms with Crippen molar-refractivity contribution >= 4 is 5.97 Å². The first-order chi connectivity index (χ1) is 8.44. The topological polar surface area (TPSA) is 49.8 Å². The SMILES string of the molecule is CC1(C)C2CCC3(C2)C(C(=O)O)CCC3[C@]12CO2. The molecule has 1 heterocycles. The van der Waals surface area contributed by atoms with Crippen molar-refractivity contribution in [1.82, 2.24) is 0 Å². The Kier molecular flexibility index (Phi) is 1.85. The zero-order valence-corrected chi connectivity index (χ0v) is 11.2. The van der Waals surface area contributed by atoms with Crippen molar-refractivity contribution in [3.05, 3.63) is 0 Å². The van der Waals surface area contributed by atoms with Crippen molar-refractivity contribution < 1.29 is 14.6 Å². The van der Waals surface area contributed by atoms with Gasteiger partial charge in [0.05, 0.1) is 12.5 Å². The first kappa shape index (κ1) is 11.3. The van der Waals surface area contributed by atoms with E-state index in [0.717, 1.165) is 32.3 Å². The van der Waals surface area contributed by atoms with Crippen LogP contribution in [0.1, 0.15) is 46.0 Å². The molecule has 1 saturated heterocycles. The van der Waals surface area contributed by atoms with Gasteiger partial charge in [-0.15, -0.1) is 0 Å². The van der Waals surface area contributed by atoms with Crippen LogP contribution in [0.25, 0.3) is 0 Å². The minimum atomic E-state index is -0.561. The lowest BCUT2D eigenvalue weighted by atomic mass is 9.52. The highest BCUT2D eigenvalue weighted by Gasteiger charge is 2.76. The number of fused-ring (bicyclic) bond motifs is 2. The Morgan fingerprint density at radius 1 is 1.28 bits per heavy atom. The number of carboxylic acids is 1. The summed E-state index contributed by atoms with van der Waals surface area (Å²) in [5, 5.41) is 9.55. The summed E-state index contributed by atoms with van der Waals surface area (Å²) in [5.74, 6) is 0.495. The van der Waals surface area contributed by atoms with Crippen LogP contribution in [0.5, 0.6) is 0 Å². The van der Waals surface area contributed by atoms with Crippen molar-refractivity contribution in [2.45, 2.75) is 51.6 Å². The van der Waals surface area contributed by atoms with Crippen LogP contribution >= 0.6 is 0 Å². The molecule has 4 rings (SSSR count). The quantitative estimate of drug-likeness (QED) is 0.728. The molecule has 1 N–H and O–H groups in total. The molecule has 1 aliphatic heterocycles. The van der Waals surface area contributed by atoms with Gasteiger partial charge in [-0.1, -0.05) is 13.8 Å². The van der Waals surface area contributed by atoms with Crippen LogP contribution in [0, 0.1) is 28.6 Å². The fourth-order valence-corrected chi connectivity index (χ4v) is 6.02. The van der Waals surface area contributed by atoms with Crippen LogP contribution in [-0.4, -0.2) is 23.3 Å². The van der Waals surface area contributed by atoms with Gasteiger partial charge in [0, 0.05) is 0 Å². The normalized spacial score (nSPS) is 55.6. The van der Waals surface area contributed by atoms with Crippen molar-refractivity contribution in [3.8, 4) is 0 Å². The molecule has 2 spiro atoms. The molecule has 3 saturated carbocycles. The monoisotopic (exact) mass is 250 g/mol. The maximum absolute atomic E-state index is 11.6. The molecule has 4 aliphatic rings. The van der Waals surface area contributed by atoms with Gasteiger partial charge in [0.2, 0.25) is 0 Å². The van der Waals surface area contributed by atoms with Gasteiger partial charge in [-0.3, -0.25) is 4.79 Å². The van der Waals surface area contributed by atoms with Crippen molar-refractivity contribution in [2.75, 3.05) is 6.61 Å². The smallest absolute Gasteiger partial charge is 0.307 e. The minimum Gasteiger partial charge on any atom is -0.481 e. The molecule has 2 bridgehead atoms. The third kappa shape index (κ3) is 0.974. The van der Waals surface area contributed by atoms with Crippen LogP contribution in [-0.2, 0) is 9.53 Å². The molecule has 4 fully saturated rings. The Balaban J connectivity index is 1.82. The highest BCUT2D eigenvalue weighted by molar-refractivity contribution is 5.72. The zero-order valence-electron chi connectivity index (χ0n) is 11.2. The summed E-state index contributed by atoms with van der Waals surface area (Å²) in [4.78, 5) is 11.6. The zero-order chi connectivity index (χ0) is 12.8. The predicted octanol–water partition coefficient (Wildman–Crippen LogP) is 2.69. The minimum absolute atomic E-state index is 0.0244. The number of hydrogen-bond acceptors (Lipinski definition) is 2. The molecule has 3 nitrogen and oxygen atoms in total. The van der Waals surface area contributed by atoms with Gasteiger partial charge in [-0.25, -0.2) is 0 Å². The lowest BCUT2D eigenvalue weighted by molar-refractivity contribution is -0.149. The molecule has 0 amide bonds. The number of epoxide rings is 1. The van der Waals surface area contributed by atoms with Crippen LogP contribution < -0.4 is 0 Å². The number of hydrogen-bond donors (Lipinski definition) is 1. The molecule has 3 aliphatic carbocycles. The van der Waals surface area contributed by atoms with E-state index < -0.39 is 5.97 Å². The predicted molar refractivity (Wildman–Crippen MR) is 66.1 cm³/mol. The van der Waals surface area contributed by atoms with Gasteiger partial charge in [-0.05, 0) is 54.8 Å². The van der Waals surface area contributed by atoms with E-state index in [1.807, 2.05) is 0 Å². The summed E-state index contributed by atoms with van der Waals surface area (Å²) in [6.45, 7) is 5.58. The second kappa shape index (κ2) is 2.95. The first-order valence-corrected chi connectivity index (χ1v) is 7.31. The number of rotatable bonds is 1. The first-order valence-electron chi connectivity index (χ1n) is 7.31. The van der Waals surface area contributed by atoms with Crippen molar-refractivity contribution in [3.63, 3.8) is 0 Å². The molecule has 0 radical (unpaired) electrons. The van der Waals surface area contributed by atoms with Crippen molar-refractivity contribution in [1.29, 1.82) is 0 Å². The standard InChI is InChI=1S/C15H22O3/c1-13(2)9-5-6-14(7-9)10(12(16)17)3-4-11(14)15(13)8-18-15/h9-11H,3-8H2,1-2H3,(H,16,17)/t9?,10?,11?,14?,15-/m1/s1. The summed E-state index contributed by atoms with van der Waals surface area (Å²) in [5.41, 5.74) is 0.337. The van der Waals surface area contributed by atoms with Crippen LogP contribution in [0.15, 0.2) is 0 Å². The van der Waals surface area contributed by atoms with E-state index in [9.17, 15) is 9.90 Å². The van der Waals surface area contributed by atoms with Crippen LogP contribution in [0.2, 0.25) is 0 Å². The Labute approximate surface area is 108 Å². The van der Waals surface area contributed by atoms with E-state index in [1.54, 1.807) is 0 Å². The van der Waals surface area contributed by atoms with Gasteiger partial charge in [0.25, 0.3) is 0 Å². The molecular formula is C15H22O3. The van der Waals surface area contributed by atoms with Gasteiger partial charge in [0.1, 0.15) is 5.60 Å². The average molecular weight is 250 g/mol. The molecular weight excluding hydrogens is 228 g/mol. The summed E-state index contributed by atoms with van der Waals surface area (Å²) in [6.07, 6.45) is 5.39. The number of carbonyl (C=O) groups is 1. The number of ether oxygens (including phenoxy) is 1. The van der Waals surface area contributed by atoms with E-state index in [-0.39, 0.29) is 22.3 Å². The Morgan fingerprint density at radius 2 is 2.00 bits per heavy atom. The van der Waals surface area contributed by atoms with Crippen LogP contribution in [0.3, 0.4) is 0 Å². The second-order valence-electron chi connectivity index (χ2n) is 7.59. The van der Waals surface area contributed by atoms with Gasteiger partial charge in [0.15, 0.2) is 0 Å². The summed E-state index contributed by atoms with van der Waals surface area (Å²) in [6, 6.07) is 0. The van der Waals surface area contributed by atoms with Gasteiger partial charge in [-0.2, -0.15) is 0 Å². The number of carboxylic acid groups (broad SMARTS) is 1. The van der Waals surface area contributed by atoms with Crippen molar-refractivity contribution in [2.24, 2.45) is 28.6 Å². The van der Waals surface area contributed by atoms with E-state index in [4.69, 9.17) is 4.74 Å². The number of aliphatic carboxylic acids is 1. The van der Waals surface area contributed by atoms with E-state index in [1.165, 1.54) is 6.42 Å². The summed E-state index contributed by atoms with van der Waals surface area (Å²) < 4.78 is 5.98. The molecule has 100 valence electrons. The molecule has 5 atom stereocenters. The summed E-state index contributed by atoms with van der Waals surface area (Å²) >= 11 is 0. The fourth-order valence-electron chi connectivity index (χ4n) is 6.02. The van der Waals surface area contributed by atoms with Crippen LogP contribution in [0.4, 0.5) is 0 Å². The maximum atomic E-state index is 11.6. The molecule has 0 aromatic carbocycles.